The predicted molar refractivity (Wildman–Crippen MR) is 116 cm³/mol. The van der Waals surface area contributed by atoms with Gasteiger partial charge >= 0.3 is 0 Å². The molecule has 0 amide bonds. The Kier molecular flexibility index (Phi) is 15.5. The smallest absolute Gasteiger partial charge is 0.247 e. The lowest BCUT2D eigenvalue weighted by Gasteiger charge is -2.24. The monoisotopic (exact) mass is 392 g/mol. The van der Waals surface area contributed by atoms with Crippen LogP contribution in [0.15, 0.2) is 0 Å². The van der Waals surface area contributed by atoms with E-state index in [9.17, 15) is 0 Å². The van der Waals surface area contributed by atoms with Gasteiger partial charge in [-0.3, -0.25) is 0 Å². The molecule has 0 fully saturated rings. The maximum atomic E-state index is 15.2. The normalized spacial score (nSPS) is 12.7. The summed E-state index contributed by atoms with van der Waals surface area (Å²) in [6.45, 7) is 8.64. The molecule has 0 aliphatic carbocycles. The molecule has 0 aromatic rings. The van der Waals surface area contributed by atoms with Gasteiger partial charge in [0.1, 0.15) is 0 Å². The van der Waals surface area contributed by atoms with E-state index in [0.29, 0.717) is 0 Å². The third-order valence-electron chi connectivity index (χ3n) is 5.66. The van der Waals surface area contributed by atoms with Gasteiger partial charge in [-0.1, -0.05) is 98.3 Å². The number of unbranched alkanes of at least 4 members (excludes halogenated alkanes) is 6. The zero-order valence-corrected chi connectivity index (χ0v) is 19.8. The lowest BCUT2D eigenvalue weighted by molar-refractivity contribution is 0.639. The molecule has 0 heterocycles. The van der Waals surface area contributed by atoms with Crippen molar-refractivity contribution in [1.82, 2.24) is 0 Å². The van der Waals surface area contributed by atoms with Crippen LogP contribution < -0.4 is 0 Å². The molecular formula is C21H46F2Si2. The van der Waals surface area contributed by atoms with E-state index in [1.807, 2.05) is 0 Å². The van der Waals surface area contributed by atoms with Crippen molar-refractivity contribution in [2.75, 3.05) is 0 Å². The van der Waals surface area contributed by atoms with Crippen molar-refractivity contribution < 1.29 is 8.22 Å². The van der Waals surface area contributed by atoms with E-state index in [0.717, 1.165) is 107 Å². The zero-order chi connectivity index (χ0) is 19.0. The fourth-order valence-corrected chi connectivity index (χ4v) is 11.0. The van der Waals surface area contributed by atoms with E-state index < -0.39 is 16.8 Å². The minimum Gasteiger partial charge on any atom is -0.314 e. The molecule has 0 N–H and O–H groups in total. The minimum atomic E-state index is -2.51. The summed E-state index contributed by atoms with van der Waals surface area (Å²) in [6, 6.07) is 5.10. The first-order valence-corrected chi connectivity index (χ1v) is 16.3. The quantitative estimate of drug-likeness (QED) is 0.124. The van der Waals surface area contributed by atoms with Gasteiger partial charge in [0.2, 0.25) is 16.8 Å². The molecule has 0 aromatic heterocycles. The van der Waals surface area contributed by atoms with E-state index >= 15 is 8.22 Å². The van der Waals surface area contributed by atoms with Crippen molar-refractivity contribution in [3.63, 3.8) is 0 Å². The third kappa shape index (κ3) is 13.2. The molecule has 0 aliphatic heterocycles. The lowest BCUT2D eigenvalue weighted by atomic mass is 10.3. The molecule has 0 nitrogen and oxygen atoms in total. The van der Waals surface area contributed by atoms with Gasteiger partial charge in [0.05, 0.1) is 0 Å². The Bertz CT molecular complexity index is 254. The summed E-state index contributed by atoms with van der Waals surface area (Å²) in [5.74, 6) is 0. The highest BCUT2D eigenvalue weighted by molar-refractivity contribution is 6.73. The van der Waals surface area contributed by atoms with E-state index in [2.05, 4.69) is 27.7 Å². The van der Waals surface area contributed by atoms with Crippen LogP contribution in [0, 0.1) is 0 Å². The van der Waals surface area contributed by atoms with Crippen molar-refractivity contribution in [1.29, 1.82) is 0 Å². The predicted octanol–water partition coefficient (Wildman–Crippen LogP) is 9.19. The molecule has 0 atom stereocenters. The highest BCUT2D eigenvalue weighted by Crippen LogP contribution is 2.32. The van der Waals surface area contributed by atoms with E-state index in [1.54, 1.807) is 0 Å². The van der Waals surface area contributed by atoms with E-state index in [-0.39, 0.29) is 0 Å². The van der Waals surface area contributed by atoms with Gasteiger partial charge in [0, 0.05) is 0 Å². The molecular weight excluding hydrogens is 346 g/mol. The van der Waals surface area contributed by atoms with Crippen molar-refractivity contribution in [3.8, 4) is 0 Å². The largest absolute Gasteiger partial charge is 0.314 e. The summed E-state index contributed by atoms with van der Waals surface area (Å²) in [7, 11) is -5.02. The maximum absolute atomic E-state index is 15.2. The highest BCUT2D eigenvalue weighted by Gasteiger charge is 2.33. The highest BCUT2D eigenvalue weighted by atomic mass is 28.4. The molecule has 0 spiro atoms. The molecule has 152 valence electrons. The van der Waals surface area contributed by atoms with Gasteiger partial charge in [0.25, 0.3) is 0 Å². The van der Waals surface area contributed by atoms with Crippen LogP contribution >= 0.6 is 0 Å². The Morgan fingerprint density at radius 1 is 0.400 bits per heavy atom. The van der Waals surface area contributed by atoms with Crippen LogP contribution in [-0.4, -0.2) is 16.8 Å². The lowest BCUT2D eigenvalue weighted by Crippen LogP contribution is -2.29. The molecule has 0 saturated carbocycles. The Morgan fingerprint density at radius 2 is 0.640 bits per heavy atom. The van der Waals surface area contributed by atoms with Crippen LogP contribution in [-0.2, 0) is 0 Å². The summed E-state index contributed by atoms with van der Waals surface area (Å²) in [6.07, 6.45) is 11.7. The zero-order valence-electron chi connectivity index (χ0n) is 17.8. The molecule has 0 unspecified atom stereocenters. The average Bonchev–Trinajstić information content (AvgIpc) is 2.61. The molecule has 0 bridgehead atoms. The Morgan fingerprint density at radius 3 is 0.880 bits per heavy atom. The topological polar surface area (TPSA) is 0 Å². The number of rotatable bonds is 18. The first-order chi connectivity index (χ1) is 11.9. The number of hydrogen-bond donors (Lipinski definition) is 0. The van der Waals surface area contributed by atoms with Gasteiger partial charge in [0.15, 0.2) is 0 Å². The summed E-state index contributed by atoms with van der Waals surface area (Å²) in [5.41, 5.74) is 0. The molecule has 4 heteroatoms. The second kappa shape index (κ2) is 15.4. The fourth-order valence-electron chi connectivity index (χ4n) is 3.78. The molecule has 0 rings (SSSR count). The van der Waals surface area contributed by atoms with Gasteiger partial charge < -0.3 is 8.22 Å². The van der Waals surface area contributed by atoms with Crippen molar-refractivity contribution in [2.24, 2.45) is 0 Å². The third-order valence-corrected chi connectivity index (χ3v) is 13.2. The Labute approximate surface area is 159 Å². The Hall–Kier alpha value is 0.294. The van der Waals surface area contributed by atoms with Gasteiger partial charge in [-0.05, 0) is 36.3 Å². The second-order valence-electron chi connectivity index (χ2n) is 8.28. The van der Waals surface area contributed by atoms with Gasteiger partial charge in [-0.15, -0.1) is 0 Å². The van der Waals surface area contributed by atoms with Crippen LogP contribution in [0.1, 0.15) is 98.3 Å². The summed E-state index contributed by atoms with van der Waals surface area (Å²) in [4.78, 5) is 0. The van der Waals surface area contributed by atoms with Crippen LogP contribution in [0.3, 0.4) is 0 Å². The first-order valence-electron chi connectivity index (χ1n) is 11.3. The first kappa shape index (κ1) is 25.3. The summed E-state index contributed by atoms with van der Waals surface area (Å²) >= 11 is 0. The average molecular weight is 393 g/mol. The summed E-state index contributed by atoms with van der Waals surface area (Å²) < 4.78 is 30.5. The minimum absolute atomic E-state index is 0.831. The van der Waals surface area contributed by atoms with Crippen LogP contribution in [0.4, 0.5) is 8.22 Å². The molecule has 0 radical (unpaired) electrons. The van der Waals surface area contributed by atoms with Crippen LogP contribution in [0.25, 0.3) is 0 Å². The van der Waals surface area contributed by atoms with E-state index in [4.69, 9.17) is 0 Å². The molecule has 0 saturated heterocycles. The number of hydrogen-bond acceptors (Lipinski definition) is 0. The van der Waals surface area contributed by atoms with E-state index in [1.165, 1.54) is 0 Å². The van der Waals surface area contributed by atoms with Gasteiger partial charge in [-0.25, -0.2) is 0 Å². The summed E-state index contributed by atoms with van der Waals surface area (Å²) in [5, 5.41) is 0. The van der Waals surface area contributed by atoms with Gasteiger partial charge in [-0.2, -0.15) is 0 Å². The molecule has 0 aromatic carbocycles. The maximum Gasteiger partial charge on any atom is 0.247 e. The van der Waals surface area contributed by atoms with Crippen molar-refractivity contribution >= 4 is 16.8 Å². The van der Waals surface area contributed by atoms with Crippen molar-refractivity contribution in [3.05, 3.63) is 0 Å². The molecule has 25 heavy (non-hydrogen) atoms. The Balaban J connectivity index is 4.22. The van der Waals surface area contributed by atoms with Crippen LogP contribution in [0.5, 0.6) is 0 Å². The second-order valence-corrected chi connectivity index (χ2v) is 15.9. The standard InChI is InChI=1S/C21H46F2Si2/c1-5-9-16-24(22,17-10-6-2)20-14-13-15-21-25(23,18-11-7-3)19-12-8-4/h5-21H2,1-4H3. The SMILES string of the molecule is CCCC[Si](F)(CCCC)CCCCC[Si](F)(CCCC)CCCC. The van der Waals surface area contributed by atoms with Crippen LogP contribution in [0.2, 0.25) is 36.3 Å². The number of halogens is 2. The fraction of sp³-hybridized carbons (Fsp3) is 1.00. The van der Waals surface area contributed by atoms with Crippen molar-refractivity contribution in [2.45, 2.75) is 135 Å². The molecule has 0 aliphatic rings.